The Morgan fingerprint density at radius 1 is 0.931 bits per heavy atom. The smallest absolute Gasteiger partial charge is 0.152 e. The zero-order valence-electron chi connectivity index (χ0n) is 16.3. The van der Waals surface area contributed by atoms with Crippen LogP contribution in [0, 0.1) is 0 Å². The summed E-state index contributed by atoms with van der Waals surface area (Å²) in [4.78, 5) is 1.12. The lowest BCUT2D eigenvalue weighted by Crippen LogP contribution is -2.22. The third-order valence-corrected chi connectivity index (χ3v) is 5.29. The van der Waals surface area contributed by atoms with Crippen LogP contribution in [0.3, 0.4) is 0 Å². The Bertz CT molecular complexity index is 914. The Morgan fingerprint density at radius 2 is 1.55 bits per heavy atom. The summed E-state index contributed by atoms with van der Waals surface area (Å²) in [6.07, 6.45) is 0. The summed E-state index contributed by atoms with van der Waals surface area (Å²) in [5.41, 5.74) is 11.4. The number of amidine groups is 1. The van der Waals surface area contributed by atoms with Gasteiger partial charge in [0, 0.05) is 23.5 Å². The highest BCUT2D eigenvalue weighted by molar-refractivity contribution is 7.97. The van der Waals surface area contributed by atoms with Gasteiger partial charge < -0.3 is 10.5 Å². The van der Waals surface area contributed by atoms with E-state index in [4.69, 9.17) is 16.3 Å². The molecule has 0 heterocycles. The molecule has 0 fully saturated rings. The van der Waals surface area contributed by atoms with Gasteiger partial charge in [-0.15, -0.1) is 5.10 Å². The summed E-state index contributed by atoms with van der Waals surface area (Å²) in [7, 11) is 1.68. The molecule has 0 spiro atoms. The van der Waals surface area contributed by atoms with Crippen LogP contribution in [0.25, 0.3) is 0 Å². The van der Waals surface area contributed by atoms with E-state index in [1.807, 2.05) is 42.5 Å². The van der Waals surface area contributed by atoms with Crippen LogP contribution < -0.4 is 21.8 Å². The summed E-state index contributed by atoms with van der Waals surface area (Å²) in [6.45, 7) is 1.62. The summed E-state index contributed by atoms with van der Waals surface area (Å²) >= 11 is 1.70. The Labute approximate surface area is 175 Å². The van der Waals surface area contributed by atoms with Gasteiger partial charge in [-0.25, -0.2) is 15.7 Å². The molecule has 6 nitrogen and oxygen atoms in total. The quantitative estimate of drug-likeness (QED) is 0.165. The van der Waals surface area contributed by atoms with Gasteiger partial charge in [0.2, 0.25) is 0 Å². The van der Waals surface area contributed by atoms with Crippen molar-refractivity contribution < 1.29 is 4.74 Å². The first-order chi connectivity index (χ1) is 14.2. The second kappa shape index (κ2) is 10.5. The summed E-state index contributed by atoms with van der Waals surface area (Å²) in [5.74, 6) is 6.40. The van der Waals surface area contributed by atoms with Gasteiger partial charge >= 0.3 is 0 Å². The molecule has 0 saturated heterocycles. The Balaban J connectivity index is 1.75. The molecule has 0 aromatic heterocycles. The molecule has 0 unspecified atom stereocenters. The van der Waals surface area contributed by atoms with E-state index in [-0.39, 0.29) is 0 Å². The molecule has 0 radical (unpaired) electrons. The lowest BCUT2D eigenvalue weighted by Gasteiger charge is -2.22. The second-order valence-electron chi connectivity index (χ2n) is 6.37. The molecule has 3 aromatic rings. The molecule has 150 valence electrons. The fraction of sp³-hybridized carbons (Fsp3) is 0.136. The van der Waals surface area contributed by atoms with Gasteiger partial charge in [0.25, 0.3) is 0 Å². The van der Waals surface area contributed by atoms with Crippen LogP contribution in [0.2, 0.25) is 0 Å². The molecule has 0 aliphatic rings. The molecule has 29 heavy (non-hydrogen) atoms. The van der Waals surface area contributed by atoms with Crippen LogP contribution in [-0.4, -0.2) is 17.3 Å². The van der Waals surface area contributed by atoms with E-state index in [2.05, 4.69) is 51.3 Å². The minimum Gasteiger partial charge on any atom is -0.497 e. The highest BCUT2D eigenvalue weighted by atomic mass is 32.2. The normalized spacial score (nSPS) is 11.5. The van der Waals surface area contributed by atoms with Crippen molar-refractivity contribution in [3.63, 3.8) is 0 Å². The number of ether oxygens (including phenoxy) is 1. The van der Waals surface area contributed by atoms with E-state index in [9.17, 15) is 0 Å². The first kappa shape index (κ1) is 20.7. The highest BCUT2D eigenvalue weighted by Gasteiger charge is 2.10. The maximum Gasteiger partial charge on any atom is 0.152 e. The molecule has 7 heteroatoms. The Morgan fingerprint density at radius 3 is 2.14 bits per heavy atom. The van der Waals surface area contributed by atoms with Gasteiger partial charge in [0.15, 0.2) is 5.84 Å². The first-order valence-electron chi connectivity index (χ1n) is 9.17. The van der Waals surface area contributed by atoms with Crippen molar-refractivity contribution in [2.75, 3.05) is 7.11 Å². The highest BCUT2D eigenvalue weighted by Crippen LogP contribution is 2.27. The third-order valence-electron chi connectivity index (χ3n) is 4.29. The minimum absolute atomic E-state index is 0.350. The maximum atomic E-state index is 5.86. The fourth-order valence-corrected chi connectivity index (χ4v) is 3.79. The number of nitrogens with one attached hydrogen (secondary N) is 1. The molecule has 0 aliphatic carbocycles. The number of methoxy groups -OCH3 is 1. The minimum atomic E-state index is 0.350. The lowest BCUT2D eigenvalue weighted by atomic mass is 10.2. The standard InChI is InChI=1S/C22H25N5OS/c1-28-20-11-7-18(8-12-20)16-27(15-17-5-3-2-4-6-17)29-21-13-9-19(10-14-21)22(23)25-26-24/h2-14,26H,15-16,24H2,1H3,(H2,23,25). The average Bonchev–Trinajstić information content (AvgIpc) is 2.75. The molecule has 3 aromatic carbocycles. The van der Waals surface area contributed by atoms with Crippen LogP contribution in [0.1, 0.15) is 16.7 Å². The van der Waals surface area contributed by atoms with E-state index in [0.717, 1.165) is 29.3 Å². The molecule has 0 atom stereocenters. The molecule has 5 N–H and O–H groups in total. The van der Waals surface area contributed by atoms with Gasteiger partial charge in [0.05, 0.1) is 7.11 Å². The van der Waals surface area contributed by atoms with Crippen LogP contribution >= 0.6 is 11.9 Å². The molecule has 3 rings (SSSR count). The van der Waals surface area contributed by atoms with Gasteiger partial charge in [-0.2, -0.15) is 0 Å². The predicted molar refractivity (Wildman–Crippen MR) is 119 cm³/mol. The predicted octanol–water partition coefficient (Wildman–Crippen LogP) is 3.49. The molecular formula is C22H25N5OS. The van der Waals surface area contributed by atoms with Crippen molar-refractivity contribution in [1.29, 1.82) is 0 Å². The lowest BCUT2D eigenvalue weighted by molar-refractivity contribution is 0.414. The molecule has 0 amide bonds. The fourth-order valence-electron chi connectivity index (χ4n) is 2.81. The van der Waals surface area contributed by atoms with E-state index < -0.39 is 0 Å². The van der Waals surface area contributed by atoms with Gasteiger partial charge in [-0.05, 0) is 47.3 Å². The van der Waals surface area contributed by atoms with Crippen molar-refractivity contribution in [2.45, 2.75) is 18.0 Å². The number of nitrogens with two attached hydrogens (primary N) is 2. The number of benzene rings is 3. The van der Waals surface area contributed by atoms with E-state index >= 15 is 0 Å². The first-order valence-corrected chi connectivity index (χ1v) is 9.94. The number of hydrogen-bond acceptors (Lipinski definition) is 6. The van der Waals surface area contributed by atoms with Gasteiger partial charge in [0.1, 0.15) is 5.75 Å². The largest absolute Gasteiger partial charge is 0.497 e. The van der Waals surface area contributed by atoms with Gasteiger partial charge in [-0.1, -0.05) is 54.6 Å². The summed E-state index contributed by atoms with van der Waals surface area (Å²) in [5, 5.41) is 3.81. The van der Waals surface area contributed by atoms with E-state index in [1.54, 1.807) is 19.1 Å². The second-order valence-corrected chi connectivity index (χ2v) is 7.54. The SMILES string of the molecule is COc1ccc(CN(Cc2ccccc2)Sc2ccc(/C(N)=N/NN)cc2)cc1. The van der Waals surface area contributed by atoms with Crippen LogP contribution in [0.15, 0.2) is 88.9 Å². The van der Waals surface area contributed by atoms with Crippen molar-refractivity contribution in [1.82, 2.24) is 9.84 Å². The number of rotatable bonds is 9. The molecular weight excluding hydrogens is 382 g/mol. The number of hydrogen-bond donors (Lipinski definition) is 3. The molecule has 0 bridgehead atoms. The number of hydrazine groups is 1. The number of hydrazone groups is 1. The van der Waals surface area contributed by atoms with Crippen LogP contribution in [0.5, 0.6) is 5.75 Å². The maximum absolute atomic E-state index is 5.86. The van der Waals surface area contributed by atoms with Crippen molar-refractivity contribution in [3.05, 3.63) is 95.6 Å². The van der Waals surface area contributed by atoms with Gasteiger partial charge in [-0.3, -0.25) is 0 Å². The Hall–Kier alpha value is -3.00. The number of nitrogens with zero attached hydrogens (tertiary/aromatic N) is 2. The van der Waals surface area contributed by atoms with Crippen molar-refractivity contribution in [3.8, 4) is 5.75 Å². The van der Waals surface area contributed by atoms with Crippen LogP contribution in [-0.2, 0) is 13.1 Å². The molecule has 0 saturated carbocycles. The van der Waals surface area contributed by atoms with Crippen molar-refractivity contribution >= 4 is 17.8 Å². The van der Waals surface area contributed by atoms with Crippen LogP contribution in [0.4, 0.5) is 0 Å². The Kier molecular flexibility index (Phi) is 7.52. The molecule has 0 aliphatic heterocycles. The van der Waals surface area contributed by atoms with Crippen molar-refractivity contribution in [2.24, 2.45) is 16.7 Å². The zero-order chi connectivity index (χ0) is 20.5. The summed E-state index contributed by atoms with van der Waals surface area (Å²) in [6, 6.07) is 26.5. The summed E-state index contributed by atoms with van der Waals surface area (Å²) < 4.78 is 7.59. The third kappa shape index (κ3) is 6.25. The van der Waals surface area contributed by atoms with E-state index in [1.165, 1.54) is 11.1 Å². The monoisotopic (exact) mass is 407 g/mol. The average molecular weight is 408 g/mol. The topological polar surface area (TPSA) is 88.9 Å². The zero-order valence-corrected chi connectivity index (χ0v) is 17.1. The van der Waals surface area contributed by atoms with E-state index in [0.29, 0.717) is 5.84 Å².